The normalized spacial score (nSPS) is 18.0. The molecule has 3 rings (SSSR count). The molecule has 2 heterocycles. The van der Waals surface area contributed by atoms with Crippen LogP contribution in [0.25, 0.3) is 0 Å². The van der Waals surface area contributed by atoms with Crippen molar-refractivity contribution >= 4 is 28.7 Å². The molecule has 122 valence electrons. The Hall–Kier alpha value is -1.20. The molecule has 0 saturated carbocycles. The molecular formula is C18H21ClN2OS. The molecule has 0 aliphatic carbocycles. The highest BCUT2D eigenvalue weighted by atomic mass is 35.5. The van der Waals surface area contributed by atoms with Gasteiger partial charge in [0, 0.05) is 32.2 Å². The smallest absolute Gasteiger partial charge is 0.186 e. The summed E-state index contributed by atoms with van der Waals surface area (Å²) >= 11 is 7.27. The van der Waals surface area contributed by atoms with Crippen LogP contribution in [0.3, 0.4) is 0 Å². The topological polar surface area (TPSA) is 23.6 Å². The Morgan fingerprint density at radius 3 is 2.43 bits per heavy atom. The molecule has 0 amide bonds. The molecule has 0 radical (unpaired) electrons. The number of carbonyl (C=O) groups excluding carboxylic acids is 1. The van der Waals surface area contributed by atoms with Gasteiger partial charge in [-0.15, -0.1) is 11.3 Å². The number of carbonyl (C=O) groups is 1. The lowest BCUT2D eigenvalue weighted by atomic mass is 10.1. The third-order valence-electron chi connectivity index (χ3n) is 4.45. The molecule has 1 aliphatic rings. The van der Waals surface area contributed by atoms with Gasteiger partial charge < -0.3 is 0 Å². The molecule has 5 heteroatoms. The van der Waals surface area contributed by atoms with Gasteiger partial charge in [-0.05, 0) is 24.6 Å². The van der Waals surface area contributed by atoms with Crippen molar-refractivity contribution in [3.63, 3.8) is 0 Å². The summed E-state index contributed by atoms with van der Waals surface area (Å²) in [5, 5.41) is 0. The van der Waals surface area contributed by atoms with Crippen molar-refractivity contribution in [3.8, 4) is 0 Å². The lowest BCUT2D eigenvalue weighted by molar-refractivity contribution is 0.0791. The summed E-state index contributed by atoms with van der Waals surface area (Å²) in [5.74, 6) is 0.173. The first-order valence-corrected chi connectivity index (χ1v) is 9.13. The second-order valence-electron chi connectivity index (χ2n) is 5.93. The molecule has 1 fully saturated rings. The van der Waals surface area contributed by atoms with Gasteiger partial charge in [0.2, 0.25) is 0 Å². The number of thiophene rings is 1. The van der Waals surface area contributed by atoms with Gasteiger partial charge >= 0.3 is 0 Å². The van der Waals surface area contributed by atoms with Crippen molar-refractivity contribution in [1.82, 2.24) is 9.80 Å². The van der Waals surface area contributed by atoms with Gasteiger partial charge in [0.1, 0.15) is 0 Å². The molecule has 23 heavy (non-hydrogen) atoms. The maximum Gasteiger partial charge on any atom is 0.186 e. The first-order chi connectivity index (χ1) is 11.1. The van der Waals surface area contributed by atoms with Crippen LogP contribution in [0.1, 0.15) is 28.2 Å². The van der Waals surface area contributed by atoms with Crippen molar-refractivity contribution in [1.29, 1.82) is 0 Å². The minimum absolute atomic E-state index is 0.173. The van der Waals surface area contributed by atoms with E-state index in [2.05, 4.69) is 47.1 Å². The van der Waals surface area contributed by atoms with Crippen molar-refractivity contribution in [3.05, 3.63) is 57.2 Å². The van der Waals surface area contributed by atoms with E-state index in [-0.39, 0.29) is 5.78 Å². The fourth-order valence-corrected chi connectivity index (χ4v) is 3.97. The van der Waals surface area contributed by atoms with Crippen LogP contribution >= 0.6 is 22.9 Å². The van der Waals surface area contributed by atoms with E-state index >= 15 is 0 Å². The second-order valence-corrected chi connectivity index (χ2v) is 7.64. The summed E-state index contributed by atoms with van der Waals surface area (Å²) in [6.07, 6.45) is 0. The molecular weight excluding hydrogens is 328 g/mol. The first kappa shape index (κ1) is 16.7. The molecule has 0 spiro atoms. The Labute approximate surface area is 146 Å². The quantitative estimate of drug-likeness (QED) is 0.764. The van der Waals surface area contributed by atoms with Crippen molar-refractivity contribution < 1.29 is 4.79 Å². The van der Waals surface area contributed by atoms with Crippen LogP contribution in [0.15, 0.2) is 42.5 Å². The van der Waals surface area contributed by atoms with Gasteiger partial charge in [-0.25, -0.2) is 0 Å². The number of hydrogen-bond acceptors (Lipinski definition) is 4. The maximum atomic E-state index is 12.3. The Morgan fingerprint density at radius 1 is 1.13 bits per heavy atom. The molecule has 0 N–H and O–H groups in total. The zero-order chi connectivity index (χ0) is 16.2. The third-order valence-corrected chi connectivity index (χ3v) is 5.72. The summed E-state index contributed by atoms with van der Waals surface area (Å²) in [5.41, 5.74) is 1.35. The fraction of sp³-hybridized carbons (Fsp3) is 0.389. The molecule has 1 aromatic carbocycles. The zero-order valence-corrected chi connectivity index (χ0v) is 14.8. The summed E-state index contributed by atoms with van der Waals surface area (Å²) in [6, 6.07) is 14.6. The summed E-state index contributed by atoms with van der Waals surface area (Å²) in [7, 11) is 0. The van der Waals surface area contributed by atoms with Crippen molar-refractivity contribution in [2.75, 3.05) is 32.7 Å². The van der Waals surface area contributed by atoms with Gasteiger partial charge in [0.25, 0.3) is 0 Å². The summed E-state index contributed by atoms with van der Waals surface area (Å²) < 4.78 is 0.676. The molecule has 1 unspecified atom stereocenters. The van der Waals surface area contributed by atoms with Crippen molar-refractivity contribution in [2.45, 2.75) is 13.0 Å². The summed E-state index contributed by atoms with van der Waals surface area (Å²) in [6.45, 7) is 6.60. The summed E-state index contributed by atoms with van der Waals surface area (Å²) in [4.78, 5) is 17.7. The van der Waals surface area contributed by atoms with Crippen LogP contribution in [0, 0.1) is 0 Å². The van der Waals surface area contributed by atoms with E-state index in [0.29, 0.717) is 16.9 Å². The van der Waals surface area contributed by atoms with E-state index in [9.17, 15) is 4.79 Å². The SMILES string of the molecule is CC(c1ccccc1)N1CCN(CC(=O)c2ccc(Cl)s2)CC1. The van der Waals surface area contributed by atoms with E-state index in [0.717, 1.165) is 31.1 Å². The molecule has 1 saturated heterocycles. The number of Topliss-reactive ketones (excluding diaryl/α,β-unsaturated/α-hetero) is 1. The molecule has 1 aromatic heterocycles. The van der Waals surface area contributed by atoms with E-state index in [1.165, 1.54) is 16.9 Å². The lowest BCUT2D eigenvalue weighted by Crippen LogP contribution is -2.48. The molecule has 1 atom stereocenters. The van der Waals surface area contributed by atoms with Gasteiger partial charge in [0.15, 0.2) is 5.78 Å². The van der Waals surface area contributed by atoms with Gasteiger partial charge in [-0.1, -0.05) is 41.9 Å². The van der Waals surface area contributed by atoms with E-state index in [1.807, 2.05) is 6.07 Å². The number of ketones is 1. The predicted molar refractivity (Wildman–Crippen MR) is 96.5 cm³/mol. The Kier molecular flexibility index (Phi) is 5.49. The number of rotatable bonds is 5. The molecule has 1 aliphatic heterocycles. The van der Waals surface area contributed by atoms with Gasteiger partial charge in [-0.2, -0.15) is 0 Å². The number of piperazine rings is 1. The van der Waals surface area contributed by atoms with Crippen LogP contribution in [0.2, 0.25) is 4.34 Å². The van der Waals surface area contributed by atoms with Crippen LogP contribution in [-0.2, 0) is 0 Å². The van der Waals surface area contributed by atoms with Gasteiger partial charge in [0.05, 0.1) is 15.8 Å². The molecule has 0 bridgehead atoms. The van der Waals surface area contributed by atoms with Crippen LogP contribution < -0.4 is 0 Å². The highest BCUT2D eigenvalue weighted by molar-refractivity contribution is 7.18. The number of hydrogen-bond donors (Lipinski definition) is 0. The molecule has 3 nitrogen and oxygen atoms in total. The number of halogens is 1. The predicted octanol–water partition coefficient (Wildman–Crippen LogP) is 3.96. The average Bonchev–Trinajstić information content (AvgIpc) is 3.02. The minimum atomic E-state index is 0.173. The fourth-order valence-electron chi connectivity index (χ4n) is 3.00. The minimum Gasteiger partial charge on any atom is -0.294 e. The van der Waals surface area contributed by atoms with Crippen LogP contribution in [0.4, 0.5) is 0 Å². The standard InChI is InChI=1S/C18H21ClN2OS/c1-14(15-5-3-2-4-6-15)21-11-9-20(10-12-21)13-16(22)17-7-8-18(19)23-17/h2-8,14H,9-13H2,1H3. The first-order valence-electron chi connectivity index (χ1n) is 7.93. The maximum absolute atomic E-state index is 12.3. The zero-order valence-electron chi connectivity index (χ0n) is 13.2. The van der Waals surface area contributed by atoms with E-state index < -0.39 is 0 Å². The van der Waals surface area contributed by atoms with Gasteiger partial charge in [-0.3, -0.25) is 14.6 Å². The van der Waals surface area contributed by atoms with Crippen LogP contribution in [-0.4, -0.2) is 48.3 Å². The lowest BCUT2D eigenvalue weighted by Gasteiger charge is -2.37. The Balaban J connectivity index is 1.51. The highest BCUT2D eigenvalue weighted by Crippen LogP contribution is 2.23. The largest absolute Gasteiger partial charge is 0.294 e. The molecule has 2 aromatic rings. The Bertz CT molecular complexity index is 650. The average molecular weight is 349 g/mol. The highest BCUT2D eigenvalue weighted by Gasteiger charge is 2.23. The number of nitrogens with zero attached hydrogens (tertiary/aromatic N) is 2. The Morgan fingerprint density at radius 2 is 1.83 bits per heavy atom. The van der Waals surface area contributed by atoms with Crippen LogP contribution in [0.5, 0.6) is 0 Å². The van der Waals surface area contributed by atoms with E-state index in [4.69, 9.17) is 11.6 Å². The monoisotopic (exact) mass is 348 g/mol. The van der Waals surface area contributed by atoms with E-state index in [1.54, 1.807) is 6.07 Å². The second kappa shape index (κ2) is 7.58. The van der Waals surface area contributed by atoms with Crippen molar-refractivity contribution in [2.24, 2.45) is 0 Å². The third kappa shape index (κ3) is 4.21. The number of benzene rings is 1.